The number of hydrogen-bond donors (Lipinski definition) is 0. The van der Waals surface area contributed by atoms with Gasteiger partial charge in [0.15, 0.2) is 0 Å². The van der Waals surface area contributed by atoms with Crippen LogP contribution in [0.4, 0.5) is 0 Å². The minimum atomic E-state index is -1.90. The summed E-state index contributed by atoms with van der Waals surface area (Å²) >= 11 is 0. The van der Waals surface area contributed by atoms with Gasteiger partial charge < -0.3 is 14.8 Å². The molecule has 0 heterocycles. The van der Waals surface area contributed by atoms with Crippen LogP contribution in [0.5, 0.6) is 5.75 Å². The summed E-state index contributed by atoms with van der Waals surface area (Å²) in [6.07, 6.45) is 0. The van der Waals surface area contributed by atoms with E-state index in [2.05, 4.69) is 0 Å². The molecule has 58 valence electrons. The van der Waals surface area contributed by atoms with Gasteiger partial charge in [0, 0.05) is 0 Å². The van der Waals surface area contributed by atoms with E-state index in [4.69, 9.17) is 4.74 Å². The summed E-state index contributed by atoms with van der Waals surface area (Å²) in [4.78, 5) is 0. The fourth-order valence-electron chi connectivity index (χ4n) is 0.761. The monoisotopic (exact) mass is 196 g/mol. The SMILES string of the molecule is COc1ccc(B([O-])[O-])cc1.[Na+].[Na+]. The van der Waals surface area contributed by atoms with Gasteiger partial charge in [0.25, 0.3) is 0 Å². The Labute approximate surface area is 122 Å². The Morgan fingerprint density at radius 2 is 1.54 bits per heavy atom. The molecule has 3 nitrogen and oxygen atoms in total. The molecule has 0 radical (unpaired) electrons. The molecule has 0 saturated carbocycles. The summed E-state index contributed by atoms with van der Waals surface area (Å²) in [5.41, 5.74) is 0.241. The van der Waals surface area contributed by atoms with Crippen LogP contribution in [0.1, 0.15) is 0 Å². The zero-order chi connectivity index (χ0) is 8.27. The van der Waals surface area contributed by atoms with Gasteiger partial charge in [-0.3, -0.25) is 0 Å². The third-order valence-electron chi connectivity index (χ3n) is 1.39. The van der Waals surface area contributed by atoms with Crippen molar-refractivity contribution in [2.75, 3.05) is 7.11 Å². The van der Waals surface area contributed by atoms with Crippen molar-refractivity contribution in [2.24, 2.45) is 0 Å². The van der Waals surface area contributed by atoms with Gasteiger partial charge in [-0.25, -0.2) is 0 Å². The molecule has 0 atom stereocenters. The van der Waals surface area contributed by atoms with Gasteiger partial charge in [0.05, 0.1) is 7.11 Å². The largest absolute Gasteiger partial charge is 1.00 e. The van der Waals surface area contributed by atoms with E-state index < -0.39 is 7.12 Å². The fraction of sp³-hybridized carbons (Fsp3) is 0.143. The van der Waals surface area contributed by atoms with E-state index in [1.54, 1.807) is 12.1 Å². The van der Waals surface area contributed by atoms with Gasteiger partial charge in [-0.2, -0.15) is 0 Å². The molecule has 0 saturated heterocycles. The minimum Gasteiger partial charge on any atom is -0.889 e. The second kappa shape index (κ2) is 8.32. The summed E-state index contributed by atoms with van der Waals surface area (Å²) in [5.74, 6) is 0.648. The van der Waals surface area contributed by atoms with E-state index in [1.165, 1.54) is 19.2 Å². The topological polar surface area (TPSA) is 55.3 Å². The van der Waals surface area contributed by atoms with Crippen LogP contribution in [0.25, 0.3) is 0 Å². The molecule has 1 aromatic carbocycles. The third kappa shape index (κ3) is 5.45. The first kappa shape index (κ1) is 16.4. The van der Waals surface area contributed by atoms with Crippen LogP contribution in [0.2, 0.25) is 0 Å². The fourth-order valence-corrected chi connectivity index (χ4v) is 0.761. The summed E-state index contributed by atoms with van der Waals surface area (Å²) in [5, 5.41) is 20.7. The maximum absolute atomic E-state index is 10.3. The molecule has 0 aliphatic rings. The van der Waals surface area contributed by atoms with Crippen molar-refractivity contribution in [3.05, 3.63) is 24.3 Å². The maximum atomic E-state index is 10.3. The van der Waals surface area contributed by atoms with Crippen molar-refractivity contribution in [3.8, 4) is 5.75 Å². The van der Waals surface area contributed by atoms with Crippen molar-refractivity contribution < 1.29 is 73.9 Å². The van der Waals surface area contributed by atoms with E-state index >= 15 is 0 Å². The first-order valence-corrected chi connectivity index (χ1v) is 3.19. The van der Waals surface area contributed by atoms with E-state index in [0.717, 1.165) is 0 Å². The van der Waals surface area contributed by atoms with E-state index in [0.29, 0.717) is 5.75 Å². The van der Waals surface area contributed by atoms with Crippen molar-refractivity contribution in [2.45, 2.75) is 0 Å². The van der Waals surface area contributed by atoms with Crippen LogP contribution in [0.15, 0.2) is 24.3 Å². The molecule has 1 aromatic rings. The maximum Gasteiger partial charge on any atom is 1.00 e. The van der Waals surface area contributed by atoms with E-state index in [-0.39, 0.29) is 64.6 Å². The molecular weight excluding hydrogens is 189 g/mol. The normalized spacial score (nSPS) is 7.92. The molecule has 0 unspecified atom stereocenters. The number of methoxy groups -OCH3 is 1. The Morgan fingerprint density at radius 1 is 1.08 bits per heavy atom. The summed E-state index contributed by atoms with van der Waals surface area (Å²) in [6, 6.07) is 6.14. The van der Waals surface area contributed by atoms with Crippen molar-refractivity contribution >= 4 is 12.6 Å². The minimum absolute atomic E-state index is 0. The molecular formula is C7H7BNa2O3. The quantitative estimate of drug-likeness (QED) is 0.441. The predicted octanol–water partition coefficient (Wildman–Crippen LogP) is -7.88. The van der Waals surface area contributed by atoms with Crippen LogP contribution < -0.4 is 79.4 Å². The average molecular weight is 196 g/mol. The van der Waals surface area contributed by atoms with E-state index in [9.17, 15) is 10.0 Å². The Morgan fingerprint density at radius 3 is 1.85 bits per heavy atom. The standard InChI is InChI=1S/C7H7BO3.2Na/c1-11-7-4-2-6(3-5-7)8(9)10;;/h2-5H,1H3;;/q-2;2*+1. The molecule has 13 heavy (non-hydrogen) atoms. The number of ether oxygens (including phenoxy) is 1. The predicted molar refractivity (Wildman–Crippen MR) is 38.4 cm³/mol. The Balaban J connectivity index is 0. The van der Waals surface area contributed by atoms with Crippen LogP contribution in [-0.2, 0) is 0 Å². The first-order chi connectivity index (χ1) is 5.24. The van der Waals surface area contributed by atoms with Gasteiger partial charge in [-0.1, -0.05) is 19.3 Å². The molecule has 0 fully saturated rings. The summed E-state index contributed by atoms with van der Waals surface area (Å²) in [6.45, 7) is 0. The van der Waals surface area contributed by atoms with Gasteiger partial charge in [-0.05, 0) is 12.1 Å². The molecule has 0 N–H and O–H groups in total. The Bertz CT molecular complexity index is 228. The Hall–Kier alpha value is 1.00. The molecule has 0 bridgehead atoms. The smallest absolute Gasteiger partial charge is 0.889 e. The zero-order valence-corrected chi connectivity index (χ0v) is 12.1. The molecule has 6 heteroatoms. The average Bonchev–Trinajstić information content (AvgIpc) is 2.05. The first-order valence-electron chi connectivity index (χ1n) is 3.19. The van der Waals surface area contributed by atoms with Crippen LogP contribution in [0.3, 0.4) is 0 Å². The van der Waals surface area contributed by atoms with Gasteiger partial charge in [-0.15, -0.1) is 5.46 Å². The number of benzene rings is 1. The molecule has 0 amide bonds. The zero-order valence-electron chi connectivity index (χ0n) is 8.11. The van der Waals surface area contributed by atoms with Crippen molar-refractivity contribution in [3.63, 3.8) is 0 Å². The van der Waals surface area contributed by atoms with Gasteiger partial charge >= 0.3 is 59.1 Å². The Kier molecular flexibility index (Phi) is 10.5. The van der Waals surface area contributed by atoms with Gasteiger partial charge in [0.2, 0.25) is 0 Å². The molecule has 0 aliphatic carbocycles. The number of hydrogen-bond acceptors (Lipinski definition) is 3. The number of rotatable bonds is 2. The summed E-state index contributed by atoms with van der Waals surface area (Å²) in [7, 11) is -0.373. The van der Waals surface area contributed by atoms with Gasteiger partial charge in [0.1, 0.15) is 5.75 Å². The van der Waals surface area contributed by atoms with E-state index in [1.807, 2.05) is 0 Å². The molecule has 1 rings (SSSR count). The molecule has 0 spiro atoms. The van der Waals surface area contributed by atoms with Crippen LogP contribution in [-0.4, -0.2) is 14.2 Å². The van der Waals surface area contributed by atoms with Crippen molar-refractivity contribution in [1.29, 1.82) is 0 Å². The molecule has 0 aromatic heterocycles. The van der Waals surface area contributed by atoms with Crippen LogP contribution >= 0.6 is 0 Å². The summed E-state index contributed by atoms with van der Waals surface area (Å²) < 4.78 is 4.84. The second-order valence-electron chi connectivity index (χ2n) is 2.11. The molecule has 0 aliphatic heterocycles. The third-order valence-corrected chi connectivity index (χ3v) is 1.39. The van der Waals surface area contributed by atoms with Crippen molar-refractivity contribution in [1.82, 2.24) is 0 Å². The van der Waals surface area contributed by atoms with Crippen LogP contribution in [0, 0.1) is 0 Å². The second-order valence-corrected chi connectivity index (χ2v) is 2.11.